The monoisotopic (exact) mass is 386 g/mol. The lowest BCUT2D eigenvalue weighted by Gasteiger charge is -2.36. The van der Waals surface area contributed by atoms with Crippen LogP contribution in [0.25, 0.3) is 0 Å². The maximum absolute atomic E-state index is 5.51. The number of guanidine groups is 1. The lowest BCUT2D eigenvalue weighted by atomic mass is 10.1. The number of aliphatic imine (C=N–C) groups is 1. The Morgan fingerprint density at radius 2 is 1.93 bits per heavy atom. The number of hydrogen-bond donors (Lipinski definition) is 1. The predicted octanol–water partition coefficient (Wildman–Crippen LogP) is 1.33. The molecule has 1 fully saturated rings. The van der Waals surface area contributed by atoms with Gasteiger partial charge in [0, 0.05) is 58.6 Å². The first-order valence-corrected chi connectivity index (χ1v) is 9.50. The van der Waals surface area contributed by atoms with E-state index in [9.17, 15) is 0 Å². The molecule has 3 rings (SSSR count). The van der Waals surface area contributed by atoms with Gasteiger partial charge >= 0.3 is 0 Å². The van der Waals surface area contributed by atoms with E-state index in [4.69, 9.17) is 9.47 Å². The third kappa shape index (κ3) is 4.75. The van der Waals surface area contributed by atoms with Crippen LogP contribution < -0.4 is 14.8 Å². The van der Waals surface area contributed by atoms with Crippen LogP contribution in [-0.2, 0) is 20.1 Å². The number of nitrogens with zero attached hydrogens (tertiary/aromatic N) is 5. The first-order valence-electron chi connectivity index (χ1n) is 9.50. The summed E-state index contributed by atoms with van der Waals surface area (Å²) in [5, 5.41) is 7.65. The number of rotatable bonds is 6. The minimum absolute atomic E-state index is 0.713. The molecule has 8 nitrogen and oxygen atoms in total. The summed E-state index contributed by atoms with van der Waals surface area (Å²) in [7, 11) is 7.18. The number of aromatic nitrogens is 2. The van der Waals surface area contributed by atoms with Crippen molar-refractivity contribution < 1.29 is 9.47 Å². The Morgan fingerprint density at radius 1 is 1.14 bits per heavy atom. The molecule has 28 heavy (non-hydrogen) atoms. The molecule has 0 bridgehead atoms. The van der Waals surface area contributed by atoms with E-state index in [2.05, 4.69) is 31.3 Å². The van der Waals surface area contributed by atoms with Gasteiger partial charge in [0.1, 0.15) is 11.5 Å². The summed E-state index contributed by atoms with van der Waals surface area (Å²) in [4.78, 5) is 9.18. The standard InChI is InChI=1S/C20H30N6O2/c1-21-20(22-14-17-7-8-23-24(17)2)26-11-9-25(10-12-26)15-16-13-18(27-3)5-6-19(16)28-4/h5-8,13H,9-12,14-15H2,1-4H3,(H,21,22). The largest absolute Gasteiger partial charge is 0.497 e. The molecule has 1 aliphatic rings. The molecule has 2 heterocycles. The lowest BCUT2D eigenvalue weighted by molar-refractivity contribution is 0.171. The molecule has 0 aliphatic carbocycles. The van der Waals surface area contributed by atoms with E-state index in [0.717, 1.165) is 61.4 Å². The maximum atomic E-state index is 5.51. The molecule has 0 unspecified atom stereocenters. The van der Waals surface area contributed by atoms with Gasteiger partial charge in [-0.2, -0.15) is 5.10 Å². The SMILES string of the molecule is CN=C(NCc1ccnn1C)N1CCN(Cc2cc(OC)ccc2OC)CC1. The van der Waals surface area contributed by atoms with Gasteiger partial charge in [-0.05, 0) is 24.3 Å². The Hall–Kier alpha value is -2.74. The molecule has 1 aromatic carbocycles. The van der Waals surface area contributed by atoms with Crippen LogP contribution in [0.3, 0.4) is 0 Å². The molecule has 0 spiro atoms. The Labute approximate surface area is 166 Å². The molecule has 1 saturated heterocycles. The molecule has 152 valence electrons. The van der Waals surface area contributed by atoms with Gasteiger partial charge in [0.2, 0.25) is 0 Å². The summed E-state index contributed by atoms with van der Waals surface area (Å²) in [5.41, 5.74) is 2.28. The number of methoxy groups -OCH3 is 2. The fourth-order valence-corrected chi connectivity index (χ4v) is 3.44. The van der Waals surface area contributed by atoms with Gasteiger partial charge in [-0.25, -0.2) is 0 Å². The van der Waals surface area contributed by atoms with Crippen molar-refractivity contribution in [3.05, 3.63) is 41.7 Å². The maximum Gasteiger partial charge on any atom is 0.194 e. The van der Waals surface area contributed by atoms with Crippen LogP contribution in [-0.4, -0.2) is 73.0 Å². The van der Waals surface area contributed by atoms with Crippen molar-refractivity contribution in [2.24, 2.45) is 12.0 Å². The van der Waals surface area contributed by atoms with Crippen molar-refractivity contribution >= 4 is 5.96 Å². The van der Waals surface area contributed by atoms with E-state index in [1.807, 2.05) is 43.2 Å². The predicted molar refractivity (Wildman–Crippen MR) is 110 cm³/mol. The Kier molecular flexibility index (Phi) is 6.76. The molecule has 1 aliphatic heterocycles. The molecule has 2 aromatic rings. The topological polar surface area (TPSA) is 67.2 Å². The fourth-order valence-electron chi connectivity index (χ4n) is 3.44. The van der Waals surface area contributed by atoms with E-state index in [0.29, 0.717) is 6.54 Å². The molecular weight excluding hydrogens is 356 g/mol. The molecular formula is C20H30N6O2. The summed E-state index contributed by atoms with van der Waals surface area (Å²) in [6.07, 6.45) is 1.81. The summed E-state index contributed by atoms with van der Waals surface area (Å²) < 4.78 is 12.7. The van der Waals surface area contributed by atoms with Gasteiger partial charge in [0.05, 0.1) is 26.5 Å². The second kappa shape index (κ2) is 9.45. The molecule has 1 aromatic heterocycles. The number of benzene rings is 1. The van der Waals surface area contributed by atoms with Crippen molar-refractivity contribution in [2.45, 2.75) is 13.1 Å². The van der Waals surface area contributed by atoms with E-state index in [1.54, 1.807) is 14.2 Å². The fraction of sp³-hybridized carbons (Fsp3) is 0.500. The number of ether oxygens (including phenoxy) is 2. The van der Waals surface area contributed by atoms with Crippen LogP contribution in [0.5, 0.6) is 11.5 Å². The van der Waals surface area contributed by atoms with Gasteiger partial charge in [-0.15, -0.1) is 0 Å². The van der Waals surface area contributed by atoms with Gasteiger partial charge < -0.3 is 19.7 Å². The highest BCUT2D eigenvalue weighted by Crippen LogP contribution is 2.25. The van der Waals surface area contributed by atoms with Crippen molar-refractivity contribution in [3.8, 4) is 11.5 Å². The number of piperazine rings is 1. The van der Waals surface area contributed by atoms with Crippen LogP contribution in [0.1, 0.15) is 11.3 Å². The van der Waals surface area contributed by atoms with Crippen molar-refractivity contribution in [1.82, 2.24) is 24.9 Å². The third-order valence-corrected chi connectivity index (χ3v) is 5.12. The minimum atomic E-state index is 0.713. The molecule has 1 N–H and O–H groups in total. The van der Waals surface area contributed by atoms with Crippen molar-refractivity contribution in [1.29, 1.82) is 0 Å². The zero-order valence-electron chi connectivity index (χ0n) is 17.2. The quantitative estimate of drug-likeness (QED) is 0.597. The van der Waals surface area contributed by atoms with Crippen LogP contribution in [0.15, 0.2) is 35.5 Å². The van der Waals surface area contributed by atoms with E-state index in [1.165, 1.54) is 0 Å². The van der Waals surface area contributed by atoms with Gasteiger partial charge in [0.15, 0.2) is 5.96 Å². The van der Waals surface area contributed by atoms with E-state index in [-0.39, 0.29) is 0 Å². The molecule has 0 saturated carbocycles. The summed E-state index contributed by atoms with van der Waals surface area (Å²) in [6, 6.07) is 7.96. The molecule has 0 amide bonds. The second-order valence-corrected chi connectivity index (χ2v) is 6.79. The Bertz CT molecular complexity index is 796. The van der Waals surface area contributed by atoms with Crippen LogP contribution in [0, 0.1) is 0 Å². The number of nitrogens with one attached hydrogen (secondary N) is 1. The summed E-state index contributed by atoms with van der Waals surface area (Å²) in [5.74, 6) is 2.69. The first-order chi connectivity index (χ1) is 13.6. The van der Waals surface area contributed by atoms with Gasteiger partial charge in [-0.3, -0.25) is 14.6 Å². The highest BCUT2D eigenvalue weighted by atomic mass is 16.5. The zero-order chi connectivity index (χ0) is 19.9. The van der Waals surface area contributed by atoms with Gasteiger partial charge in [0.25, 0.3) is 0 Å². The summed E-state index contributed by atoms with van der Waals surface area (Å²) >= 11 is 0. The number of aryl methyl sites for hydroxylation is 1. The summed E-state index contributed by atoms with van der Waals surface area (Å²) in [6.45, 7) is 5.34. The minimum Gasteiger partial charge on any atom is -0.497 e. The third-order valence-electron chi connectivity index (χ3n) is 5.12. The van der Waals surface area contributed by atoms with Crippen molar-refractivity contribution in [3.63, 3.8) is 0 Å². The molecule has 0 atom stereocenters. The zero-order valence-corrected chi connectivity index (χ0v) is 17.2. The molecule has 0 radical (unpaired) electrons. The van der Waals surface area contributed by atoms with E-state index >= 15 is 0 Å². The van der Waals surface area contributed by atoms with E-state index < -0.39 is 0 Å². The van der Waals surface area contributed by atoms with Crippen LogP contribution in [0.2, 0.25) is 0 Å². The first kappa shape index (κ1) is 20.0. The highest BCUT2D eigenvalue weighted by molar-refractivity contribution is 5.79. The second-order valence-electron chi connectivity index (χ2n) is 6.79. The smallest absolute Gasteiger partial charge is 0.194 e. The lowest BCUT2D eigenvalue weighted by Crippen LogP contribution is -2.52. The Morgan fingerprint density at radius 3 is 2.54 bits per heavy atom. The van der Waals surface area contributed by atoms with Crippen molar-refractivity contribution in [2.75, 3.05) is 47.4 Å². The van der Waals surface area contributed by atoms with Crippen LogP contribution in [0.4, 0.5) is 0 Å². The molecule has 8 heteroatoms. The highest BCUT2D eigenvalue weighted by Gasteiger charge is 2.21. The Balaban J connectivity index is 1.54. The normalized spacial score (nSPS) is 15.6. The number of hydrogen-bond acceptors (Lipinski definition) is 5. The van der Waals surface area contributed by atoms with Crippen LogP contribution >= 0.6 is 0 Å². The average Bonchev–Trinajstić information content (AvgIpc) is 3.14. The van der Waals surface area contributed by atoms with Gasteiger partial charge in [-0.1, -0.05) is 0 Å². The average molecular weight is 387 g/mol.